The Hall–Kier alpha value is -3.08. The van der Waals surface area contributed by atoms with Gasteiger partial charge in [0.15, 0.2) is 0 Å². The van der Waals surface area contributed by atoms with Crippen LogP contribution in [0.2, 0.25) is 0 Å². The molecule has 0 bridgehead atoms. The minimum absolute atomic E-state index is 0.0603. The van der Waals surface area contributed by atoms with E-state index in [0.717, 1.165) is 55.7 Å². The first-order valence-electron chi connectivity index (χ1n) is 11.5. The first kappa shape index (κ1) is 23.6. The van der Waals surface area contributed by atoms with Crippen LogP contribution >= 0.6 is 0 Å². The number of carbonyl (C=O) groups is 1. The number of aromatic nitrogens is 2. The zero-order chi connectivity index (χ0) is 22.9. The van der Waals surface area contributed by atoms with Crippen molar-refractivity contribution >= 4 is 16.9 Å². The van der Waals surface area contributed by atoms with Crippen LogP contribution in [0.15, 0.2) is 54.6 Å². The zero-order valence-electron chi connectivity index (χ0n) is 19.6. The fraction of sp³-hybridized carbons (Fsp3) is 0.407. The van der Waals surface area contributed by atoms with Gasteiger partial charge in [0.05, 0.1) is 17.6 Å². The minimum atomic E-state index is -0.0603. The summed E-state index contributed by atoms with van der Waals surface area (Å²) in [6.45, 7) is 11.9. The van der Waals surface area contributed by atoms with Crippen molar-refractivity contribution in [2.24, 2.45) is 0 Å². The van der Waals surface area contributed by atoms with Gasteiger partial charge in [-0.05, 0) is 69.4 Å². The second kappa shape index (κ2) is 11.5. The summed E-state index contributed by atoms with van der Waals surface area (Å²) in [5.41, 5.74) is 5.25. The Labute approximate surface area is 191 Å². The smallest absolute Gasteiger partial charge is 0.246 e. The van der Waals surface area contributed by atoms with Crippen LogP contribution in [0, 0.1) is 13.8 Å². The molecule has 0 spiro atoms. The van der Waals surface area contributed by atoms with Gasteiger partial charge in [-0.25, -0.2) is 4.98 Å². The van der Waals surface area contributed by atoms with Crippen molar-refractivity contribution in [2.45, 2.75) is 59.4 Å². The van der Waals surface area contributed by atoms with E-state index < -0.39 is 0 Å². The largest absolute Gasteiger partial charge is 0.493 e. The van der Waals surface area contributed by atoms with Gasteiger partial charge in [-0.1, -0.05) is 37.3 Å². The van der Waals surface area contributed by atoms with Gasteiger partial charge in [-0.3, -0.25) is 4.79 Å². The molecule has 1 heterocycles. The summed E-state index contributed by atoms with van der Waals surface area (Å²) < 4.78 is 8.39. The molecule has 0 saturated carbocycles. The highest BCUT2D eigenvalue weighted by molar-refractivity contribution is 5.92. The van der Waals surface area contributed by atoms with Crippen molar-refractivity contribution < 1.29 is 9.53 Å². The maximum atomic E-state index is 11.6. The fourth-order valence-corrected chi connectivity index (χ4v) is 3.79. The van der Waals surface area contributed by atoms with Crippen molar-refractivity contribution in [3.8, 4) is 5.75 Å². The van der Waals surface area contributed by atoms with E-state index in [1.165, 1.54) is 16.6 Å². The van der Waals surface area contributed by atoms with E-state index in [2.05, 4.69) is 54.6 Å². The van der Waals surface area contributed by atoms with Gasteiger partial charge >= 0.3 is 0 Å². The van der Waals surface area contributed by atoms with Crippen LogP contribution in [0.4, 0.5) is 0 Å². The van der Waals surface area contributed by atoms with Crippen molar-refractivity contribution in [1.29, 1.82) is 0 Å². The van der Waals surface area contributed by atoms with E-state index in [1.54, 1.807) is 6.92 Å². The molecule has 5 nitrogen and oxygen atoms in total. The van der Waals surface area contributed by atoms with E-state index in [4.69, 9.17) is 9.72 Å². The van der Waals surface area contributed by atoms with Crippen molar-refractivity contribution in [1.82, 2.24) is 14.9 Å². The predicted molar refractivity (Wildman–Crippen MR) is 131 cm³/mol. The highest BCUT2D eigenvalue weighted by Gasteiger charge is 2.10. The number of aryl methyl sites for hydroxylation is 3. The van der Waals surface area contributed by atoms with Crippen molar-refractivity contribution in [3.63, 3.8) is 0 Å². The lowest BCUT2D eigenvalue weighted by atomic mass is 10.1. The highest BCUT2D eigenvalue weighted by Crippen LogP contribution is 2.22. The lowest BCUT2D eigenvalue weighted by Gasteiger charge is -2.13. The number of hydrogen-bond acceptors (Lipinski definition) is 3. The summed E-state index contributed by atoms with van der Waals surface area (Å²) in [6, 6.07) is 14.5. The molecule has 0 aliphatic heterocycles. The van der Waals surface area contributed by atoms with Crippen LogP contribution < -0.4 is 10.1 Å². The molecule has 5 heteroatoms. The lowest BCUT2D eigenvalue weighted by Crippen LogP contribution is -2.24. The third-order valence-electron chi connectivity index (χ3n) is 5.82. The predicted octanol–water partition coefficient (Wildman–Crippen LogP) is 5.53. The minimum Gasteiger partial charge on any atom is -0.493 e. The zero-order valence-corrected chi connectivity index (χ0v) is 19.6. The standard InChI is InChI=1S/C27H35N3O2/c1-20(2)27(31)28-17-9-5-6-16-26-29-23-13-7-8-14-24(23)30(26)18-11-19-32-25-15-10-12-21(3)22(25)4/h7-8,10,12-15H,1,5-6,9,11,16-19H2,2-4H3,(H,28,31). The Morgan fingerprint density at radius 3 is 2.69 bits per heavy atom. The van der Waals surface area contributed by atoms with E-state index in [-0.39, 0.29) is 5.91 Å². The summed E-state index contributed by atoms with van der Waals surface area (Å²) in [4.78, 5) is 16.4. The quantitative estimate of drug-likeness (QED) is 0.302. The molecule has 170 valence electrons. The molecule has 1 N–H and O–H groups in total. The first-order valence-corrected chi connectivity index (χ1v) is 11.5. The first-order chi connectivity index (χ1) is 15.5. The lowest BCUT2D eigenvalue weighted by molar-refractivity contribution is -0.117. The van der Waals surface area contributed by atoms with Gasteiger partial charge in [0.2, 0.25) is 5.91 Å². The number of carbonyl (C=O) groups excluding carboxylic acids is 1. The van der Waals surface area contributed by atoms with Crippen LogP contribution in [0.1, 0.15) is 49.6 Å². The third kappa shape index (κ3) is 6.22. The molecule has 0 fully saturated rings. The summed E-state index contributed by atoms with van der Waals surface area (Å²) in [5, 5.41) is 2.90. The molecular weight excluding hydrogens is 398 g/mol. The SMILES string of the molecule is C=C(C)C(=O)NCCCCCc1nc2ccccc2n1CCCOc1cccc(C)c1C. The molecule has 3 rings (SSSR count). The average molecular weight is 434 g/mol. The molecule has 2 aromatic carbocycles. The van der Waals surface area contributed by atoms with Gasteiger partial charge in [0.25, 0.3) is 0 Å². The Kier molecular flexibility index (Phi) is 8.48. The monoisotopic (exact) mass is 433 g/mol. The highest BCUT2D eigenvalue weighted by atomic mass is 16.5. The molecule has 0 unspecified atom stereocenters. The fourth-order valence-electron chi connectivity index (χ4n) is 3.79. The number of hydrogen-bond donors (Lipinski definition) is 1. The summed E-state index contributed by atoms with van der Waals surface area (Å²) in [6.07, 6.45) is 4.91. The number of benzene rings is 2. The summed E-state index contributed by atoms with van der Waals surface area (Å²) in [5.74, 6) is 2.04. The molecule has 0 aliphatic carbocycles. The van der Waals surface area contributed by atoms with E-state index in [0.29, 0.717) is 18.7 Å². The normalized spacial score (nSPS) is 11.0. The number of rotatable bonds is 12. The number of unbranched alkanes of at least 4 members (excludes halogenated alkanes) is 2. The number of nitrogens with one attached hydrogen (secondary N) is 1. The second-order valence-electron chi connectivity index (χ2n) is 8.42. The molecule has 3 aromatic rings. The maximum Gasteiger partial charge on any atom is 0.246 e. The van der Waals surface area contributed by atoms with Gasteiger partial charge in [0, 0.05) is 25.1 Å². The Morgan fingerprint density at radius 2 is 1.88 bits per heavy atom. The molecule has 1 aromatic heterocycles. The second-order valence-corrected chi connectivity index (χ2v) is 8.42. The summed E-state index contributed by atoms with van der Waals surface area (Å²) in [7, 11) is 0. The van der Waals surface area contributed by atoms with Crippen molar-refractivity contribution in [3.05, 3.63) is 71.6 Å². The maximum absolute atomic E-state index is 11.6. The van der Waals surface area contributed by atoms with Crippen molar-refractivity contribution in [2.75, 3.05) is 13.2 Å². The molecule has 1 amide bonds. The number of ether oxygens (including phenoxy) is 1. The van der Waals surface area contributed by atoms with Gasteiger partial charge in [-0.2, -0.15) is 0 Å². The topological polar surface area (TPSA) is 56.2 Å². The van der Waals surface area contributed by atoms with Gasteiger partial charge in [-0.15, -0.1) is 0 Å². The third-order valence-corrected chi connectivity index (χ3v) is 5.82. The molecule has 0 saturated heterocycles. The Bertz CT molecular complexity index is 1070. The Balaban J connectivity index is 1.53. The van der Waals surface area contributed by atoms with Crippen LogP contribution in [-0.2, 0) is 17.8 Å². The summed E-state index contributed by atoms with van der Waals surface area (Å²) >= 11 is 0. The van der Waals surface area contributed by atoms with Crippen LogP contribution in [-0.4, -0.2) is 28.6 Å². The number of amides is 1. The van der Waals surface area contributed by atoms with E-state index in [1.807, 2.05) is 18.2 Å². The molecule has 0 radical (unpaired) electrons. The number of imidazole rings is 1. The Morgan fingerprint density at radius 1 is 1.06 bits per heavy atom. The number of fused-ring (bicyclic) bond motifs is 1. The average Bonchev–Trinajstić information content (AvgIpc) is 3.13. The number of nitrogens with zero attached hydrogens (tertiary/aromatic N) is 2. The van der Waals surface area contributed by atoms with Gasteiger partial charge < -0.3 is 14.6 Å². The van der Waals surface area contributed by atoms with Crippen LogP contribution in [0.25, 0.3) is 11.0 Å². The van der Waals surface area contributed by atoms with Crippen LogP contribution in [0.5, 0.6) is 5.75 Å². The molecule has 32 heavy (non-hydrogen) atoms. The van der Waals surface area contributed by atoms with Gasteiger partial charge in [0.1, 0.15) is 11.6 Å². The molecular formula is C27H35N3O2. The van der Waals surface area contributed by atoms with E-state index in [9.17, 15) is 4.79 Å². The van der Waals surface area contributed by atoms with E-state index >= 15 is 0 Å². The number of para-hydroxylation sites is 2. The molecule has 0 aliphatic rings. The van der Waals surface area contributed by atoms with Crippen LogP contribution in [0.3, 0.4) is 0 Å². The molecule has 0 atom stereocenters.